The minimum absolute atomic E-state index is 0.899. The van der Waals surface area contributed by atoms with Gasteiger partial charge in [0.15, 0.2) is 0 Å². The van der Waals surface area contributed by atoms with Crippen molar-refractivity contribution < 1.29 is 0 Å². The Kier molecular flexibility index (Phi) is 11.5. The SMILES string of the molecule is CCCCCCc1csc(/C=C/c2ccnc(-c3cc(/C=C/c4cc(CCCCCC)cs4)ccn3)c2)c1. The molecule has 0 radical (unpaired) electrons. The minimum Gasteiger partial charge on any atom is -0.255 e. The van der Waals surface area contributed by atoms with Crippen molar-refractivity contribution in [1.82, 2.24) is 9.97 Å². The summed E-state index contributed by atoms with van der Waals surface area (Å²) in [5.74, 6) is 0. The van der Waals surface area contributed by atoms with Crippen LogP contribution >= 0.6 is 22.7 Å². The van der Waals surface area contributed by atoms with Crippen LogP contribution in [0.4, 0.5) is 0 Å². The maximum atomic E-state index is 4.61. The summed E-state index contributed by atoms with van der Waals surface area (Å²) in [6.07, 6.45) is 25.4. The molecule has 2 nitrogen and oxygen atoms in total. The molecule has 0 N–H and O–H groups in total. The third-order valence-electron chi connectivity index (χ3n) is 6.70. The molecule has 4 heterocycles. The van der Waals surface area contributed by atoms with E-state index in [4.69, 9.17) is 0 Å². The zero-order valence-electron chi connectivity index (χ0n) is 22.9. The van der Waals surface area contributed by atoms with Crippen LogP contribution in [0.3, 0.4) is 0 Å². The van der Waals surface area contributed by atoms with Gasteiger partial charge >= 0.3 is 0 Å². The number of thiophene rings is 2. The lowest BCUT2D eigenvalue weighted by atomic mass is 10.1. The molecule has 0 spiro atoms. The van der Waals surface area contributed by atoms with Crippen molar-refractivity contribution in [1.29, 1.82) is 0 Å². The van der Waals surface area contributed by atoms with Crippen LogP contribution in [0.5, 0.6) is 0 Å². The molecule has 0 saturated heterocycles. The third-order valence-corrected chi connectivity index (χ3v) is 8.59. The molecule has 4 heteroatoms. The van der Waals surface area contributed by atoms with E-state index in [-0.39, 0.29) is 0 Å². The highest BCUT2D eigenvalue weighted by Gasteiger charge is 2.04. The number of unbranched alkanes of at least 4 members (excludes halogenated alkanes) is 6. The summed E-state index contributed by atoms with van der Waals surface area (Å²) in [5.41, 5.74) is 7.00. The van der Waals surface area contributed by atoms with Gasteiger partial charge in [-0.2, -0.15) is 0 Å². The van der Waals surface area contributed by atoms with Gasteiger partial charge in [0.05, 0.1) is 11.4 Å². The van der Waals surface area contributed by atoms with E-state index in [0.29, 0.717) is 0 Å². The second kappa shape index (κ2) is 15.6. The predicted octanol–water partition coefficient (Wildman–Crippen LogP) is 10.9. The molecular formula is C34H40N2S2. The van der Waals surface area contributed by atoms with Crippen LogP contribution in [0, 0.1) is 0 Å². The largest absolute Gasteiger partial charge is 0.255 e. The molecule has 0 atom stereocenters. The molecule has 0 fully saturated rings. The number of pyridine rings is 2. The van der Waals surface area contributed by atoms with Crippen LogP contribution in [-0.4, -0.2) is 9.97 Å². The summed E-state index contributed by atoms with van der Waals surface area (Å²) < 4.78 is 0. The lowest BCUT2D eigenvalue weighted by molar-refractivity contribution is 0.667. The minimum atomic E-state index is 0.899. The zero-order chi connectivity index (χ0) is 26.4. The Morgan fingerprint density at radius 2 is 1.05 bits per heavy atom. The van der Waals surface area contributed by atoms with Gasteiger partial charge in [0.1, 0.15) is 0 Å². The summed E-state index contributed by atoms with van der Waals surface area (Å²) >= 11 is 3.65. The van der Waals surface area contributed by atoms with Gasteiger partial charge < -0.3 is 0 Å². The van der Waals surface area contributed by atoms with E-state index in [1.165, 1.54) is 85.1 Å². The lowest BCUT2D eigenvalue weighted by Gasteiger charge is -2.03. The summed E-state index contributed by atoms with van der Waals surface area (Å²) in [6, 6.07) is 13.0. The van der Waals surface area contributed by atoms with Gasteiger partial charge in [-0.05, 0) is 107 Å². The number of nitrogens with zero attached hydrogens (tertiary/aromatic N) is 2. The van der Waals surface area contributed by atoms with Crippen LogP contribution in [0.1, 0.15) is 97.2 Å². The number of rotatable bonds is 15. The Morgan fingerprint density at radius 3 is 1.50 bits per heavy atom. The molecule has 38 heavy (non-hydrogen) atoms. The first-order valence-corrected chi connectivity index (χ1v) is 15.9. The summed E-state index contributed by atoms with van der Waals surface area (Å²) in [4.78, 5) is 11.8. The average Bonchev–Trinajstić information content (AvgIpc) is 3.61. The second-order valence-electron chi connectivity index (χ2n) is 9.95. The Hall–Kier alpha value is -2.82. The van der Waals surface area contributed by atoms with Gasteiger partial charge in [0.25, 0.3) is 0 Å². The predicted molar refractivity (Wildman–Crippen MR) is 170 cm³/mol. The van der Waals surface area contributed by atoms with Crippen molar-refractivity contribution in [3.8, 4) is 11.4 Å². The highest BCUT2D eigenvalue weighted by atomic mass is 32.1. The highest BCUT2D eigenvalue weighted by Crippen LogP contribution is 2.23. The van der Waals surface area contributed by atoms with E-state index in [9.17, 15) is 0 Å². The topological polar surface area (TPSA) is 25.8 Å². The molecule has 198 valence electrons. The van der Waals surface area contributed by atoms with Crippen molar-refractivity contribution in [3.63, 3.8) is 0 Å². The smallest absolute Gasteiger partial charge is 0.0892 e. The van der Waals surface area contributed by atoms with Gasteiger partial charge in [-0.3, -0.25) is 9.97 Å². The molecule has 0 aliphatic heterocycles. The van der Waals surface area contributed by atoms with Crippen molar-refractivity contribution in [2.45, 2.75) is 78.1 Å². The summed E-state index contributed by atoms with van der Waals surface area (Å²) in [6.45, 7) is 4.53. The van der Waals surface area contributed by atoms with E-state index in [2.05, 4.69) is 95.3 Å². The van der Waals surface area contributed by atoms with Gasteiger partial charge in [-0.15, -0.1) is 22.7 Å². The molecule has 4 aromatic rings. The monoisotopic (exact) mass is 540 g/mol. The van der Waals surface area contributed by atoms with Crippen molar-refractivity contribution >= 4 is 47.0 Å². The molecule has 0 unspecified atom stereocenters. The fourth-order valence-electron chi connectivity index (χ4n) is 4.48. The van der Waals surface area contributed by atoms with E-state index in [1.54, 1.807) is 0 Å². The summed E-state index contributed by atoms with van der Waals surface area (Å²) in [5, 5.41) is 4.61. The lowest BCUT2D eigenvalue weighted by Crippen LogP contribution is -1.88. The molecule has 4 aromatic heterocycles. The summed E-state index contributed by atoms with van der Waals surface area (Å²) in [7, 11) is 0. The molecule has 0 saturated carbocycles. The zero-order valence-corrected chi connectivity index (χ0v) is 24.5. The first-order valence-electron chi connectivity index (χ1n) is 14.2. The fourth-order valence-corrected chi connectivity index (χ4v) is 6.15. The first kappa shape index (κ1) is 28.2. The number of hydrogen-bond donors (Lipinski definition) is 0. The molecule has 4 rings (SSSR count). The van der Waals surface area contributed by atoms with Crippen LogP contribution < -0.4 is 0 Å². The standard InChI is InChI=1S/C34H40N2S2/c1-3-5-7-9-11-29-21-31(37-25-29)15-13-27-17-19-35-33(23-27)34-24-28(18-20-36-34)14-16-32-22-30(26-38-32)12-10-8-6-4-2/h13-26H,3-12H2,1-2H3/b15-13+,16-14+. The van der Waals surface area contributed by atoms with E-state index < -0.39 is 0 Å². The Labute approximate surface area is 237 Å². The number of aryl methyl sites for hydroxylation is 2. The Balaban J connectivity index is 1.36. The molecular weight excluding hydrogens is 501 g/mol. The van der Waals surface area contributed by atoms with Crippen molar-refractivity contribution in [2.75, 3.05) is 0 Å². The Morgan fingerprint density at radius 1 is 0.579 bits per heavy atom. The molecule has 0 amide bonds. The first-order chi connectivity index (χ1) is 18.7. The molecule has 0 bridgehead atoms. The maximum Gasteiger partial charge on any atom is 0.0892 e. The normalized spacial score (nSPS) is 11.7. The van der Waals surface area contributed by atoms with E-state index >= 15 is 0 Å². The Bertz CT molecular complexity index is 1210. The maximum absolute atomic E-state index is 4.61. The number of aromatic nitrogens is 2. The van der Waals surface area contributed by atoms with Gasteiger partial charge in [-0.1, -0.05) is 64.5 Å². The quantitative estimate of drug-likeness (QED) is 0.140. The second-order valence-corrected chi connectivity index (χ2v) is 11.8. The van der Waals surface area contributed by atoms with Crippen LogP contribution in [0.25, 0.3) is 35.7 Å². The average molecular weight is 541 g/mol. The van der Waals surface area contributed by atoms with Gasteiger partial charge in [0, 0.05) is 22.1 Å². The van der Waals surface area contributed by atoms with E-state index in [1.807, 2.05) is 35.1 Å². The highest BCUT2D eigenvalue weighted by molar-refractivity contribution is 7.11. The molecule has 0 aliphatic rings. The van der Waals surface area contributed by atoms with Crippen LogP contribution in [0.15, 0.2) is 59.6 Å². The van der Waals surface area contributed by atoms with Gasteiger partial charge in [0.2, 0.25) is 0 Å². The fraction of sp³-hybridized carbons (Fsp3) is 0.353. The van der Waals surface area contributed by atoms with E-state index in [0.717, 1.165) is 22.5 Å². The third kappa shape index (κ3) is 9.18. The van der Waals surface area contributed by atoms with Crippen LogP contribution in [-0.2, 0) is 12.8 Å². The number of hydrogen-bond acceptors (Lipinski definition) is 4. The van der Waals surface area contributed by atoms with Crippen molar-refractivity contribution in [3.05, 3.63) is 91.6 Å². The van der Waals surface area contributed by atoms with Crippen molar-refractivity contribution in [2.24, 2.45) is 0 Å². The molecule has 0 aromatic carbocycles. The molecule has 0 aliphatic carbocycles. The van der Waals surface area contributed by atoms with Crippen LogP contribution in [0.2, 0.25) is 0 Å². The van der Waals surface area contributed by atoms with Gasteiger partial charge in [-0.25, -0.2) is 0 Å².